The van der Waals surface area contributed by atoms with Crippen molar-refractivity contribution in [1.29, 1.82) is 5.26 Å². The predicted octanol–water partition coefficient (Wildman–Crippen LogP) is 4.23. The number of carbonyl (C=O) groups excluding carboxylic acids is 1. The topological polar surface area (TPSA) is 93.1 Å². The van der Waals surface area contributed by atoms with Gasteiger partial charge in [-0.2, -0.15) is 10.4 Å². The minimum Gasteiger partial charge on any atom is -0.484 e. The van der Waals surface area contributed by atoms with E-state index in [1.165, 1.54) is 0 Å². The molecule has 0 aliphatic carbocycles. The van der Waals surface area contributed by atoms with Crippen LogP contribution in [0.25, 0.3) is 0 Å². The molecule has 2 aromatic heterocycles. The van der Waals surface area contributed by atoms with Gasteiger partial charge in [0.25, 0.3) is 5.91 Å². The van der Waals surface area contributed by atoms with E-state index in [2.05, 4.69) is 16.5 Å². The fraction of sp³-hybridized carbons (Fsp3) is 0.0870. The van der Waals surface area contributed by atoms with Crippen LogP contribution >= 0.6 is 0 Å². The van der Waals surface area contributed by atoms with Crippen LogP contribution < -0.4 is 10.1 Å². The Morgan fingerprint density at radius 3 is 2.77 bits per heavy atom. The Kier molecular flexibility index (Phi) is 5.58. The molecular formula is C23H18N4O3. The molecule has 0 unspecified atom stereocenters. The van der Waals surface area contributed by atoms with Crippen LogP contribution in [0.1, 0.15) is 27.4 Å². The van der Waals surface area contributed by atoms with Crippen LogP contribution in [-0.4, -0.2) is 15.7 Å². The van der Waals surface area contributed by atoms with Gasteiger partial charge >= 0.3 is 0 Å². The van der Waals surface area contributed by atoms with Crippen molar-refractivity contribution in [3.63, 3.8) is 0 Å². The third-order valence-electron chi connectivity index (χ3n) is 4.42. The number of furan rings is 1. The van der Waals surface area contributed by atoms with E-state index in [1.807, 2.05) is 36.5 Å². The molecule has 4 aromatic rings. The molecule has 148 valence electrons. The maximum atomic E-state index is 12.6. The lowest BCUT2D eigenvalue weighted by atomic mass is 10.1. The van der Waals surface area contributed by atoms with E-state index >= 15 is 0 Å². The number of nitriles is 1. The zero-order valence-electron chi connectivity index (χ0n) is 16.0. The van der Waals surface area contributed by atoms with Crippen LogP contribution in [0.4, 0.5) is 5.69 Å². The van der Waals surface area contributed by atoms with Crippen molar-refractivity contribution in [2.75, 3.05) is 5.32 Å². The number of carbonyl (C=O) groups is 1. The van der Waals surface area contributed by atoms with Crippen LogP contribution in [0.3, 0.4) is 0 Å². The number of ether oxygens (including phenoxy) is 1. The summed E-state index contributed by atoms with van der Waals surface area (Å²) >= 11 is 0. The summed E-state index contributed by atoms with van der Waals surface area (Å²) in [6.45, 7) is 0.654. The summed E-state index contributed by atoms with van der Waals surface area (Å²) < 4.78 is 13.1. The standard InChI is InChI=1S/C23H18N4O3/c24-14-17-6-2-4-9-21(17)29-16-19-10-11-22(30-19)23(28)26-20-8-3-1-7-18(20)15-27-13-5-12-25-27/h1-13H,15-16H2,(H,26,28). The first-order valence-corrected chi connectivity index (χ1v) is 9.30. The highest BCUT2D eigenvalue weighted by Crippen LogP contribution is 2.20. The molecule has 2 aromatic carbocycles. The average molecular weight is 398 g/mol. The number of para-hydroxylation sites is 2. The Labute approximate surface area is 173 Å². The summed E-state index contributed by atoms with van der Waals surface area (Å²) in [4.78, 5) is 12.6. The van der Waals surface area contributed by atoms with E-state index in [0.717, 1.165) is 5.56 Å². The maximum Gasteiger partial charge on any atom is 0.291 e. The molecule has 2 heterocycles. The number of nitrogens with one attached hydrogen (secondary N) is 1. The third kappa shape index (κ3) is 4.39. The predicted molar refractivity (Wildman–Crippen MR) is 110 cm³/mol. The van der Waals surface area contributed by atoms with Crippen molar-refractivity contribution in [2.45, 2.75) is 13.2 Å². The summed E-state index contributed by atoms with van der Waals surface area (Å²) in [6, 6.07) is 21.7. The van der Waals surface area contributed by atoms with Gasteiger partial charge in [0, 0.05) is 18.1 Å². The number of aromatic nitrogens is 2. The Morgan fingerprint density at radius 2 is 1.93 bits per heavy atom. The lowest BCUT2D eigenvalue weighted by Gasteiger charge is -2.10. The summed E-state index contributed by atoms with van der Waals surface area (Å²) in [7, 11) is 0. The molecule has 0 spiro atoms. The number of hydrogen-bond acceptors (Lipinski definition) is 5. The van der Waals surface area contributed by atoms with E-state index in [0.29, 0.717) is 29.3 Å². The van der Waals surface area contributed by atoms with Gasteiger partial charge in [-0.25, -0.2) is 0 Å². The zero-order valence-corrected chi connectivity index (χ0v) is 16.0. The number of anilines is 1. The number of rotatable bonds is 7. The maximum absolute atomic E-state index is 12.6. The minimum atomic E-state index is -0.355. The van der Waals surface area contributed by atoms with E-state index in [-0.39, 0.29) is 18.3 Å². The largest absolute Gasteiger partial charge is 0.484 e. The molecule has 0 aliphatic heterocycles. The van der Waals surface area contributed by atoms with Gasteiger partial charge < -0.3 is 14.5 Å². The SMILES string of the molecule is N#Cc1ccccc1OCc1ccc(C(=O)Nc2ccccc2Cn2cccn2)o1. The number of hydrogen-bond donors (Lipinski definition) is 1. The molecule has 7 nitrogen and oxygen atoms in total. The molecule has 0 radical (unpaired) electrons. The van der Waals surface area contributed by atoms with Crippen molar-refractivity contribution in [3.8, 4) is 11.8 Å². The monoisotopic (exact) mass is 398 g/mol. The van der Waals surface area contributed by atoms with E-state index in [4.69, 9.17) is 14.4 Å². The third-order valence-corrected chi connectivity index (χ3v) is 4.42. The van der Waals surface area contributed by atoms with Crippen molar-refractivity contribution >= 4 is 11.6 Å². The van der Waals surface area contributed by atoms with Gasteiger partial charge in [-0.15, -0.1) is 0 Å². The first-order chi connectivity index (χ1) is 14.7. The molecule has 0 aliphatic rings. The van der Waals surface area contributed by atoms with Gasteiger partial charge in [0.1, 0.15) is 24.2 Å². The van der Waals surface area contributed by atoms with E-state index < -0.39 is 0 Å². The first-order valence-electron chi connectivity index (χ1n) is 9.30. The molecule has 0 fully saturated rings. The van der Waals surface area contributed by atoms with Gasteiger partial charge in [-0.05, 0) is 42.0 Å². The van der Waals surface area contributed by atoms with Gasteiger partial charge in [-0.3, -0.25) is 9.48 Å². The quantitative estimate of drug-likeness (QED) is 0.503. The Balaban J connectivity index is 1.42. The van der Waals surface area contributed by atoms with Crippen LogP contribution in [0, 0.1) is 11.3 Å². The fourth-order valence-corrected chi connectivity index (χ4v) is 2.94. The Hall–Kier alpha value is -4.31. The Bertz CT molecular complexity index is 1190. The van der Waals surface area contributed by atoms with Crippen molar-refractivity contribution in [2.24, 2.45) is 0 Å². The number of amides is 1. The van der Waals surface area contributed by atoms with Crippen LogP contribution in [0.5, 0.6) is 5.75 Å². The molecule has 4 rings (SSSR count). The summed E-state index contributed by atoms with van der Waals surface area (Å²) in [6.07, 6.45) is 3.57. The highest BCUT2D eigenvalue weighted by Gasteiger charge is 2.14. The van der Waals surface area contributed by atoms with E-state index in [1.54, 1.807) is 47.3 Å². The lowest BCUT2D eigenvalue weighted by Crippen LogP contribution is -2.13. The highest BCUT2D eigenvalue weighted by molar-refractivity contribution is 6.02. The van der Waals surface area contributed by atoms with Crippen molar-refractivity contribution < 1.29 is 13.9 Å². The van der Waals surface area contributed by atoms with E-state index in [9.17, 15) is 4.79 Å². The molecule has 0 bridgehead atoms. The molecule has 30 heavy (non-hydrogen) atoms. The van der Waals surface area contributed by atoms with Crippen LogP contribution in [0.15, 0.2) is 83.5 Å². The van der Waals surface area contributed by atoms with Gasteiger partial charge in [0.2, 0.25) is 0 Å². The van der Waals surface area contributed by atoms with Gasteiger partial charge in [0.15, 0.2) is 5.76 Å². The molecule has 7 heteroatoms. The van der Waals surface area contributed by atoms with Crippen molar-refractivity contribution in [3.05, 3.63) is 102 Å². The number of nitrogens with zero attached hydrogens (tertiary/aromatic N) is 3. The zero-order chi connectivity index (χ0) is 20.8. The average Bonchev–Trinajstić information content (AvgIpc) is 3.46. The first kappa shape index (κ1) is 19.0. The molecule has 0 saturated heterocycles. The van der Waals surface area contributed by atoms with Gasteiger partial charge in [0.05, 0.1) is 12.1 Å². The fourth-order valence-electron chi connectivity index (χ4n) is 2.94. The van der Waals surface area contributed by atoms with Crippen LogP contribution in [0.2, 0.25) is 0 Å². The molecule has 1 N–H and O–H groups in total. The summed E-state index contributed by atoms with van der Waals surface area (Å²) in [5, 5.41) is 16.2. The second kappa shape index (κ2) is 8.80. The Morgan fingerprint density at radius 1 is 1.10 bits per heavy atom. The minimum absolute atomic E-state index is 0.113. The van der Waals surface area contributed by atoms with Gasteiger partial charge in [-0.1, -0.05) is 30.3 Å². The highest BCUT2D eigenvalue weighted by atomic mass is 16.5. The summed E-state index contributed by atoms with van der Waals surface area (Å²) in [5.41, 5.74) is 2.06. The normalized spacial score (nSPS) is 10.4. The second-order valence-corrected chi connectivity index (χ2v) is 6.48. The lowest BCUT2D eigenvalue weighted by molar-refractivity contribution is 0.0992. The second-order valence-electron chi connectivity index (χ2n) is 6.48. The van der Waals surface area contributed by atoms with Crippen LogP contribution in [-0.2, 0) is 13.2 Å². The smallest absolute Gasteiger partial charge is 0.291 e. The molecule has 1 amide bonds. The van der Waals surface area contributed by atoms with Crippen molar-refractivity contribution in [1.82, 2.24) is 9.78 Å². The molecule has 0 atom stereocenters. The summed E-state index contributed by atoms with van der Waals surface area (Å²) in [5.74, 6) is 0.773. The molecule has 0 saturated carbocycles. The molecular weight excluding hydrogens is 380 g/mol. The number of benzene rings is 2.